The van der Waals surface area contributed by atoms with E-state index in [0.29, 0.717) is 6.54 Å². The molecule has 0 fully saturated rings. The fraction of sp³-hybridized carbons (Fsp3) is 0.130. The van der Waals surface area contributed by atoms with E-state index in [2.05, 4.69) is 39.0 Å². The summed E-state index contributed by atoms with van der Waals surface area (Å²) in [4.78, 5) is 0. The minimum absolute atomic E-state index is 0.575. The average Bonchev–Trinajstić information content (AvgIpc) is 3.43. The van der Waals surface area contributed by atoms with Crippen LogP contribution in [0.2, 0.25) is 0 Å². The van der Waals surface area contributed by atoms with Gasteiger partial charge >= 0.3 is 0 Å². The van der Waals surface area contributed by atoms with Crippen LogP contribution in [-0.2, 0) is 6.54 Å². The summed E-state index contributed by atoms with van der Waals surface area (Å²) >= 11 is 1.65. The van der Waals surface area contributed by atoms with Gasteiger partial charge < -0.3 is 9.15 Å². The molecular weight excluding hydrogens is 382 g/mol. The van der Waals surface area contributed by atoms with Gasteiger partial charge in [0, 0.05) is 11.3 Å². The number of furan rings is 1. The quantitative estimate of drug-likeness (QED) is 0.369. The Hall–Kier alpha value is -3.25. The summed E-state index contributed by atoms with van der Waals surface area (Å²) in [7, 11) is 1.66. The zero-order chi connectivity index (χ0) is 19.9. The van der Waals surface area contributed by atoms with Crippen molar-refractivity contribution in [1.82, 2.24) is 14.8 Å². The lowest BCUT2D eigenvalue weighted by Gasteiger charge is -2.09. The number of rotatable bonds is 8. The smallest absolute Gasteiger partial charge is 0.192 e. The molecule has 0 radical (unpaired) electrons. The number of thioether (sulfide) groups is 1. The van der Waals surface area contributed by atoms with Crippen molar-refractivity contribution in [1.29, 1.82) is 0 Å². The summed E-state index contributed by atoms with van der Waals surface area (Å²) in [6.45, 7) is 0.575. The lowest BCUT2D eigenvalue weighted by atomic mass is 10.2. The molecule has 0 bridgehead atoms. The molecule has 0 aliphatic heterocycles. The van der Waals surface area contributed by atoms with Gasteiger partial charge in [0.25, 0.3) is 0 Å². The first-order valence-electron chi connectivity index (χ1n) is 9.28. The molecule has 0 spiro atoms. The van der Waals surface area contributed by atoms with Crippen molar-refractivity contribution in [2.75, 3.05) is 12.9 Å². The van der Waals surface area contributed by atoms with Gasteiger partial charge in [-0.15, -0.1) is 10.2 Å². The monoisotopic (exact) mass is 403 g/mol. The van der Waals surface area contributed by atoms with Gasteiger partial charge in [-0.05, 0) is 42.0 Å². The van der Waals surface area contributed by atoms with Crippen molar-refractivity contribution in [3.63, 3.8) is 0 Å². The largest absolute Gasteiger partial charge is 0.497 e. The Kier molecular flexibility index (Phi) is 6.12. The minimum Gasteiger partial charge on any atom is -0.497 e. The Labute approximate surface area is 174 Å². The molecule has 0 amide bonds. The number of nitrogens with zero attached hydrogens (tertiary/aromatic N) is 3. The van der Waals surface area contributed by atoms with Crippen molar-refractivity contribution in [2.24, 2.45) is 0 Å². The molecule has 0 saturated carbocycles. The topological polar surface area (TPSA) is 53.1 Å². The summed E-state index contributed by atoms with van der Waals surface area (Å²) in [6, 6.07) is 21.9. The molecule has 0 aliphatic carbocycles. The number of methoxy groups -OCH3 is 1. The first-order valence-corrected chi connectivity index (χ1v) is 10.3. The molecule has 2 aromatic carbocycles. The molecule has 6 heteroatoms. The SMILES string of the molecule is COc1ccc(-c2nnc(SC/C=C/c3ccccc3)n2Cc2ccco2)cc1. The lowest BCUT2D eigenvalue weighted by Crippen LogP contribution is -2.03. The highest BCUT2D eigenvalue weighted by molar-refractivity contribution is 7.99. The second kappa shape index (κ2) is 9.30. The molecule has 4 aromatic rings. The highest BCUT2D eigenvalue weighted by Crippen LogP contribution is 2.27. The van der Waals surface area contributed by atoms with Crippen molar-refractivity contribution < 1.29 is 9.15 Å². The molecule has 0 N–H and O–H groups in total. The number of benzene rings is 2. The van der Waals surface area contributed by atoms with Crippen LogP contribution >= 0.6 is 11.8 Å². The Morgan fingerprint density at radius 1 is 1.00 bits per heavy atom. The summed E-state index contributed by atoms with van der Waals surface area (Å²) < 4.78 is 12.9. The summed E-state index contributed by atoms with van der Waals surface area (Å²) in [5, 5.41) is 9.73. The summed E-state index contributed by atoms with van der Waals surface area (Å²) in [6.07, 6.45) is 5.94. The van der Waals surface area contributed by atoms with Crippen molar-refractivity contribution >= 4 is 17.8 Å². The van der Waals surface area contributed by atoms with E-state index in [-0.39, 0.29) is 0 Å². The normalized spacial score (nSPS) is 11.2. The van der Waals surface area contributed by atoms with E-state index in [1.54, 1.807) is 25.1 Å². The molecule has 5 nitrogen and oxygen atoms in total. The third-order valence-corrected chi connectivity index (χ3v) is 5.30. The fourth-order valence-electron chi connectivity index (χ4n) is 2.92. The van der Waals surface area contributed by atoms with Crippen LogP contribution in [0, 0.1) is 0 Å². The van der Waals surface area contributed by atoms with E-state index in [9.17, 15) is 0 Å². The van der Waals surface area contributed by atoms with Crippen LogP contribution in [0.1, 0.15) is 11.3 Å². The van der Waals surface area contributed by atoms with E-state index in [1.807, 2.05) is 54.6 Å². The van der Waals surface area contributed by atoms with Gasteiger partial charge in [0.05, 0.1) is 19.9 Å². The van der Waals surface area contributed by atoms with Crippen LogP contribution in [0.15, 0.2) is 88.6 Å². The number of hydrogen-bond donors (Lipinski definition) is 0. The maximum Gasteiger partial charge on any atom is 0.192 e. The second-order valence-corrected chi connectivity index (χ2v) is 7.31. The average molecular weight is 404 g/mol. The van der Waals surface area contributed by atoms with E-state index >= 15 is 0 Å². The van der Waals surface area contributed by atoms with Crippen LogP contribution in [0.5, 0.6) is 5.75 Å². The minimum atomic E-state index is 0.575. The predicted octanol–water partition coefficient (Wildman–Crippen LogP) is 5.40. The van der Waals surface area contributed by atoms with Crippen molar-refractivity contribution in [2.45, 2.75) is 11.7 Å². The highest BCUT2D eigenvalue weighted by Gasteiger charge is 2.15. The van der Waals surface area contributed by atoms with Crippen LogP contribution < -0.4 is 4.74 Å². The van der Waals surface area contributed by atoms with Crippen LogP contribution in [0.25, 0.3) is 17.5 Å². The maximum atomic E-state index is 5.55. The Morgan fingerprint density at radius 3 is 2.55 bits per heavy atom. The van der Waals surface area contributed by atoms with E-state index in [4.69, 9.17) is 9.15 Å². The molecule has 0 unspecified atom stereocenters. The van der Waals surface area contributed by atoms with Gasteiger partial charge in [0.15, 0.2) is 11.0 Å². The molecule has 4 rings (SSSR count). The molecule has 0 aliphatic rings. The van der Waals surface area contributed by atoms with Gasteiger partial charge in [-0.1, -0.05) is 54.2 Å². The first kappa shape index (κ1) is 19.1. The fourth-order valence-corrected chi connectivity index (χ4v) is 3.67. The molecule has 2 heterocycles. The molecule has 29 heavy (non-hydrogen) atoms. The summed E-state index contributed by atoms with van der Waals surface area (Å²) in [5.74, 6) is 3.28. The second-order valence-electron chi connectivity index (χ2n) is 6.32. The predicted molar refractivity (Wildman–Crippen MR) is 116 cm³/mol. The van der Waals surface area contributed by atoms with E-state index < -0.39 is 0 Å². The third kappa shape index (κ3) is 4.78. The van der Waals surface area contributed by atoms with Gasteiger partial charge in [0.2, 0.25) is 0 Å². The molecular formula is C23H21N3O2S. The third-order valence-electron chi connectivity index (χ3n) is 4.38. The number of aromatic nitrogens is 3. The summed E-state index contributed by atoms with van der Waals surface area (Å²) in [5.41, 5.74) is 2.17. The molecule has 0 saturated heterocycles. The lowest BCUT2D eigenvalue weighted by molar-refractivity contribution is 0.415. The maximum absolute atomic E-state index is 5.55. The number of ether oxygens (including phenoxy) is 1. The van der Waals surface area contributed by atoms with Gasteiger partial charge in [-0.2, -0.15) is 0 Å². The Morgan fingerprint density at radius 2 is 1.83 bits per heavy atom. The van der Waals surface area contributed by atoms with E-state index in [1.165, 1.54) is 5.56 Å². The zero-order valence-electron chi connectivity index (χ0n) is 16.1. The standard InChI is InChI=1S/C23H21N3O2S/c1-27-20-13-11-19(12-14-20)22-24-25-23(26(22)17-21-10-5-15-28-21)29-16-6-9-18-7-3-2-4-8-18/h2-15H,16-17H2,1H3/b9-6+. The van der Waals surface area contributed by atoms with Gasteiger partial charge in [-0.3, -0.25) is 4.57 Å². The van der Waals surface area contributed by atoms with Crippen molar-refractivity contribution in [3.8, 4) is 17.1 Å². The van der Waals surface area contributed by atoms with Gasteiger partial charge in [0.1, 0.15) is 11.5 Å². The van der Waals surface area contributed by atoms with Gasteiger partial charge in [-0.25, -0.2) is 0 Å². The highest BCUT2D eigenvalue weighted by atomic mass is 32.2. The van der Waals surface area contributed by atoms with E-state index in [0.717, 1.165) is 33.8 Å². The van der Waals surface area contributed by atoms with Crippen LogP contribution in [-0.4, -0.2) is 27.6 Å². The molecule has 146 valence electrons. The Bertz CT molecular complexity index is 1060. The first-order chi connectivity index (χ1) is 14.3. The number of hydrogen-bond acceptors (Lipinski definition) is 5. The zero-order valence-corrected chi connectivity index (χ0v) is 16.9. The van der Waals surface area contributed by atoms with Crippen LogP contribution in [0.4, 0.5) is 0 Å². The molecule has 2 aromatic heterocycles. The van der Waals surface area contributed by atoms with Crippen LogP contribution in [0.3, 0.4) is 0 Å². The van der Waals surface area contributed by atoms with Crippen molar-refractivity contribution in [3.05, 3.63) is 90.4 Å². The molecule has 0 atom stereocenters. The Balaban J connectivity index is 1.55.